The molecule has 8 N–H and O–H groups in total. The Bertz CT molecular complexity index is 1110. The third-order valence-corrected chi connectivity index (χ3v) is 14.5. The van der Waals surface area contributed by atoms with Crippen molar-refractivity contribution in [3.63, 3.8) is 0 Å². The van der Waals surface area contributed by atoms with Crippen molar-refractivity contribution in [1.29, 1.82) is 0 Å². The Kier molecular flexibility index (Phi) is 9.84. The maximum absolute atomic E-state index is 11.2. The third kappa shape index (κ3) is 6.57. The summed E-state index contributed by atoms with van der Waals surface area (Å²) in [6, 6.07) is 11.1. The van der Waals surface area contributed by atoms with E-state index in [1.54, 1.807) is 0 Å². The van der Waals surface area contributed by atoms with Gasteiger partial charge in [0.1, 0.15) is 0 Å². The van der Waals surface area contributed by atoms with Crippen molar-refractivity contribution in [3.05, 3.63) is 70.7 Å². The van der Waals surface area contributed by atoms with Gasteiger partial charge < -0.3 is 39.1 Å². The third-order valence-electron chi connectivity index (χ3n) is 3.90. The lowest BCUT2D eigenvalue weighted by molar-refractivity contribution is 0.327. The number of halogens is 3. The Labute approximate surface area is 201 Å². The average molecular weight is 608 g/mol. The fourth-order valence-corrected chi connectivity index (χ4v) is 7.36. The minimum atomic E-state index is -5.29. The van der Waals surface area contributed by atoms with Crippen LogP contribution < -0.4 is 0 Å². The topological polar surface area (TPSA) is 230 Å². The van der Waals surface area contributed by atoms with Crippen LogP contribution in [0.25, 0.3) is 0 Å². The lowest BCUT2D eigenvalue weighted by Gasteiger charge is -2.28. The highest BCUT2D eigenvalue weighted by Gasteiger charge is 2.61. The summed E-state index contributed by atoms with van der Waals surface area (Å²) in [6.07, 6.45) is 0. The van der Waals surface area contributed by atoms with Crippen LogP contribution in [0.4, 0.5) is 0 Å². The predicted octanol–water partition coefficient (Wildman–Crippen LogP) is 3.44. The van der Waals surface area contributed by atoms with Crippen LogP contribution in [0.5, 0.6) is 0 Å². The van der Waals surface area contributed by atoms with E-state index >= 15 is 0 Å². The molecule has 0 heterocycles. The molecular weight excluding hydrogens is 590 g/mol. The molecule has 0 aliphatic carbocycles. The number of rotatable bonds is 6. The Balaban J connectivity index is 0.000000331. The highest BCUT2D eigenvalue weighted by Crippen LogP contribution is 2.77. The van der Waals surface area contributed by atoms with Gasteiger partial charge in [-0.1, -0.05) is 77.3 Å². The van der Waals surface area contributed by atoms with Crippen LogP contribution in [-0.2, 0) is 27.0 Å². The number of hydrogen-bond donors (Lipinski definition) is 8. The Hall–Kier alpha value is -0.0900. The molecule has 0 radical (unpaired) electrons. The molecule has 0 fully saturated rings. The van der Waals surface area contributed by atoms with Crippen LogP contribution in [0.2, 0.25) is 5.02 Å². The molecule has 2 aromatic carbocycles. The van der Waals surface area contributed by atoms with Crippen molar-refractivity contribution in [2.75, 3.05) is 0 Å². The summed E-state index contributed by atoms with van der Waals surface area (Å²) in [7, 11) is -21.0. The van der Waals surface area contributed by atoms with Gasteiger partial charge in [-0.3, -0.25) is 18.3 Å². The first-order valence-corrected chi connectivity index (χ1v) is 15.6. The molecule has 0 aromatic heterocycles. The Morgan fingerprint density at radius 2 is 0.788 bits per heavy atom. The molecule has 0 amide bonds. The van der Waals surface area contributed by atoms with Gasteiger partial charge in [-0.15, -0.1) is 0 Å². The van der Waals surface area contributed by atoms with Gasteiger partial charge in [0, 0.05) is 5.02 Å². The molecule has 2 aromatic rings. The first-order chi connectivity index (χ1) is 14.6. The lowest BCUT2D eigenvalue weighted by atomic mass is 10.2. The van der Waals surface area contributed by atoms with E-state index in [2.05, 4.69) is 0 Å². The predicted molar refractivity (Wildman–Crippen MR) is 121 cm³/mol. The monoisotopic (exact) mass is 606 g/mol. The normalized spacial score (nSPS) is 13.8. The van der Waals surface area contributed by atoms with Crippen molar-refractivity contribution in [2.45, 2.75) is 8.71 Å². The summed E-state index contributed by atoms with van der Waals surface area (Å²) in [5, 5.41) is 0.240. The highest BCUT2D eigenvalue weighted by atomic mass is 35.5. The number of alkyl halides is 2. The van der Waals surface area contributed by atoms with Crippen molar-refractivity contribution in [3.8, 4) is 0 Å². The Morgan fingerprint density at radius 1 is 0.515 bits per heavy atom. The molecule has 186 valence electrons. The molecule has 2 rings (SSSR count). The van der Waals surface area contributed by atoms with E-state index < -0.39 is 44.7 Å². The molecule has 0 saturated heterocycles. The average Bonchev–Trinajstić information content (AvgIpc) is 2.65. The molecule has 12 nitrogen and oxygen atoms in total. The van der Waals surface area contributed by atoms with E-state index in [9.17, 15) is 18.3 Å². The summed E-state index contributed by atoms with van der Waals surface area (Å²) < 4.78 is 38.7. The van der Waals surface area contributed by atoms with E-state index in [0.717, 1.165) is 24.3 Å². The smallest absolute Gasteiger partial charge is 0.322 e. The molecule has 0 unspecified atom stereocenters. The second-order valence-electron chi connectivity index (χ2n) is 6.22. The van der Waals surface area contributed by atoms with Crippen molar-refractivity contribution >= 4 is 65.2 Å². The first-order valence-electron chi connectivity index (χ1n) is 8.02. The maximum atomic E-state index is 11.2. The molecular formula is C14H17Cl3O12P4. The second-order valence-corrected chi connectivity index (χ2v) is 16.6. The van der Waals surface area contributed by atoms with Gasteiger partial charge >= 0.3 is 30.4 Å². The standard InChI is InChI=1S/C7H8Cl2O6P2.C7H9ClO6P2/c8-6-3-1-5(2-4-6)7(9,16(10,11)12)17(13,14)15;8-7(15(9,10)11,16(12,13)14)6-4-2-1-3-5-6/h1-4H,(H2,10,11,12)(H2,13,14,15);1-5H,(H2,9,10,11)(H2,12,13,14). The van der Waals surface area contributed by atoms with Crippen LogP contribution in [0.15, 0.2) is 54.6 Å². The quantitative estimate of drug-likeness (QED) is 0.174. The fraction of sp³-hybridized carbons (Fsp3) is 0.143. The number of hydrogen-bond acceptors (Lipinski definition) is 4. The molecule has 0 atom stereocenters. The van der Waals surface area contributed by atoms with E-state index in [1.807, 2.05) is 0 Å². The van der Waals surface area contributed by atoms with Gasteiger partial charge in [-0.05, 0) is 23.3 Å². The van der Waals surface area contributed by atoms with E-state index in [1.165, 1.54) is 30.3 Å². The first kappa shape index (κ1) is 30.9. The summed E-state index contributed by atoms with van der Waals surface area (Å²) >= 11 is 16.5. The molecule has 33 heavy (non-hydrogen) atoms. The SMILES string of the molecule is O=P(O)(O)C(Cl)(c1ccc(Cl)cc1)P(=O)(O)O.O=P(O)(O)C(Cl)(c1ccccc1)P(=O)(O)O. The largest absolute Gasteiger partial charge is 0.363 e. The van der Waals surface area contributed by atoms with Gasteiger partial charge in [0.15, 0.2) is 0 Å². The molecule has 0 aliphatic heterocycles. The van der Waals surface area contributed by atoms with Gasteiger partial charge in [0.2, 0.25) is 0 Å². The summed E-state index contributed by atoms with van der Waals surface area (Å²) in [6.45, 7) is 0. The molecule has 19 heteroatoms. The minimum absolute atomic E-state index is 0.240. The van der Waals surface area contributed by atoms with Crippen LogP contribution in [0.1, 0.15) is 11.1 Å². The second kappa shape index (κ2) is 10.5. The van der Waals surface area contributed by atoms with Gasteiger partial charge in [0.05, 0.1) is 0 Å². The van der Waals surface area contributed by atoms with E-state index in [0.29, 0.717) is 0 Å². The van der Waals surface area contributed by atoms with Crippen LogP contribution in [-0.4, -0.2) is 39.1 Å². The van der Waals surface area contributed by atoms with Crippen LogP contribution >= 0.6 is 65.2 Å². The Morgan fingerprint density at radius 3 is 1.06 bits per heavy atom. The zero-order chi connectivity index (χ0) is 26.1. The highest BCUT2D eigenvalue weighted by molar-refractivity contribution is 7.75. The molecule has 0 saturated carbocycles. The summed E-state index contributed by atoms with van der Waals surface area (Å²) in [5.41, 5.74) is -0.719. The summed E-state index contributed by atoms with van der Waals surface area (Å²) in [5.74, 6) is 0. The zero-order valence-corrected chi connectivity index (χ0v) is 21.7. The van der Waals surface area contributed by atoms with E-state index in [4.69, 9.17) is 74.0 Å². The van der Waals surface area contributed by atoms with Crippen molar-refractivity contribution in [2.24, 2.45) is 0 Å². The van der Waals surface area contributed by atoms with Crippen LogP contribution in [0.3, 0.4) is 0 Å². The minimum Gasteiger partial charge on any atom is -0.322 e. The van der Waals surface area contributed by atoms with Crippen molar-refractivity contribution in [1.82, 2.24) is 0 Å². The van der Waals surface area contributed by atoms with Gasteiger partial charge in [-0.25, -0.2) is 0 Å². The van der Waals surface area contributed by atoms with Gasteiger partial charge in [0.25, 0.3) is 8.71 Å². The molecule has 0 aliphatic rings. The van der Waals surface area contributed by atoms with E-state index in [-0.39, 0.29) is 10.6 Å². The van der Waals surface area contributed by atoms with Crippen molar-refractivity contribution < 1.29 is 57.4 Å². The molecule has 0 spiro atoms. The zero-order valence-electron chi connectivity index (χ0n) is 15.8. The summed E-state index contributed by atoms with van der Waals surface area (Å²) in [4.78, 5) is 72.2. The number of benzene rings is 2. The molecule has 0 bridgehead atoms. The van der Waals surface area contributed by atoms with Gasteiger partial charge in [-0.2, -0.15) is 0 Å². The van der Waals surface area contributed by atoms with Crippen LogP contribution in [0, 0.1) is 0 Å². The fourth-order valence-electron chi connectivity index (χ4n) is 2.32. The maximum Gasteiger partial charge on any atom is 0.363 e. The lowest BCUT2D eigenvalue weighted by Crippen LogP contribution is -2.19.